The Kier molecular flexibility index (Phi) is 4.77. The van der Waals surface area contributed by atoms with Gasteiger partial charge >= 0.3 is 0 Å². The molecule has 0 aliphatic carbocycles. The van der Waals surface area contributed by atoms with Crippen molar-refractivity contribution in [1.29, 1.82) is 0 Å². The monoisotopic (exact) mass is 265 g/mol. The summed E-state index contributed by atoms with van der Waals surface area (Å²) in [6.45, 7) is 6.15. The van der Waals surface area contributed by atoms with Gasteiger partial charge in [-0.3, -0.25) is 4.90 Å². The van der Waals surface area contributed by atoms with Crippen molar-refractivity contribution in [3.05, 3.63) is 29.6 Å². The summed E-state index contributed by atoms with van der Waals surface area (Å²) in [7, 11) is 2.06. The Morgan fingerprint density at radius 1 is 1.47 bits per heavy atom. The Bertz CT molecular complexity index is 422. The molecule has 19 heavy (non-hydrogen) atoms. The highest BCUT2D eigenvalue weighted by molar-refractivity contribution is 5.40. The van der Waals surface area contributed by atoms with Gasteiger partial charge in [0.1, 0.15) is 5.82 Å². The second-order valence-electron chi connectivity index (χ2n) is 5.47. The molecule has 2 N–H and O–H groups in total. The van der Waals surface area contributed by atoms with Crippen molar-refractivity contribution in [3.63, 3.8) is 0 Å². The van der Waals surface area contributed by atoms with E-state index in [1.165, 1.54) is 25.5 Å². The van der Waals surface area contributed by atoms with Gasteiger partial charge in [0.2, 0.25) is 0 Å². The highest BCUT2D eigenvalue weighted by Crippen LogP contribution is 2.19. The number of likely N-dealkylation sites (N-methyl/N-ethyl adjacent to an activating group) is 2. The number of anilines is 1. The van der Waals surface area contributed by atoms with Crippen LogP contribution in [-0.2, 0) is 6.54 Å². The van der Waals surface area contributed by atoms with Crippen LogP contribution in [0.3, 0.4) is 0 Å². The first kappa shape index (κ1) is 14.3. The molecular formula is C15H24FN3. The Labute approximate surface area is 115 Å². The number of benzene rings is 1. The number of halogens is 1. The van der Waals surface area contributed by atoms with Crippen LogP contribution in [0.2, 0.25) is 0 Å². The van der Waals surface area contributed by atoms with E-state index < -0.39 is 0 Å². The van der Waals surface area contributed by atoms with Gasteiger partial charge in [-0.25, -0.2) is 4.39 Å². The van der Waals surface area contributed by atoms with Crippen LogP contribution in [0, 0.1) is 5.82 Å². The lowest BCUT2D eigenvalue weighted by Gasteiger charge is -2.27. The number of hydrogen-bond donors (Lipinski definition) is 1. The maximum absolute atomic E-state index is 13.8. The summed E-state index contributed by atoms with van der Waals surface area (Å²) < 4.78 is 13.8. The van der Waals surface area contributed by atoms with Gasteiger partial charge < -0.3 is 10.6 Å². The predicted octanol–water partition coefficient (Wildman–Crippen LogP) is 2.32. The molecule has 4 heteroatoms. The summed E-state index contributed by atoms with van der Waals surface area (Å²) >= 11 is 0. The lowest BCUT2D eigenvalue weighted by Crippen LogP contribution is -2.38. The predicted molar refractivity (Wildman–Crippen MR) is 77.4 cm³/mol. The Morgan fingerprint density at radius 3 is 2.95 bits per heavy atom. The molecular weight excluding hydrogens is 241 g/mol. The molecule has 1 saturated heterocycles. The number of nitrogens with zero attached hydrogens (tertiary/aromatic N) is 2. The largest absolute Gasteiger partial charge is 0.399 e. The summed E-state index contributed by atoms with van der Waals surface area (Å²) in [6.07, 6.45) is 2.53. The fraction of sp³-hybridized carbons (Fsp3) is 0.600. The van der Waals surface area contributed by atoms with Gasteiger partial charge in [0, 0.05) is 30.4 Å². The van der Waals surface area contributed by atoms with Crippen molar-refractivity contribution in [2.45, 2.75) is 32.4 Å². The normalized spacial score (nSPS) is 20.3. The van der Waals surface area contributed by atoms with E-state index in [-0.39, 0.29) is 5.82 Å². The van der Waals surface area contributed by atoms with E-state index in [9.17, 15) is 4.39 Å². The molecule has 0 amide bonds. The van der Waals surface area contributed by atoms with Crippen molar-refractivity contribution >= 4 is 5.69 Å². The van der Waals surface area contributed by atoms with Crippen molar-refractivity contribution in [2.24, 2.45) is 0 Å². The molecule has 3 nitrogen and oxygen atoms in total. The minimum Gasteiger partial charge on any atom is -0.399 e. The first-order valence-corrected chi connectivity index (χ1v) is 7.06. The van der Waals surface area contributed by atoms with E-state index in [2.05, 4.69) is 23.8 Å². The Morgan fingerprint density at radius 2 is 2.26 bits per heavy atom. The third kappa shape index (κ3) is 3.67. The smallest absolute Gasteiger partial charge is 0.129 e. The highest BCUT2D eigenvalue weighted by atomic mass is 19.1. The molecule has 0 saturated carbocycles. The number of nitrogen functional groups attached to an aromatic ring is 1. The maximum Gasteiger partial charge on any atom is 0.129 e. The fourth-order valence-corrected chi connectivity index (χ4v) is 2.93. The average Bonchev–Trinajstić information content (AvgIpc) is 2.80. The van der Waals surface area contributed by atoms with Gasteiger partial charge in [-0.05, 0) is 45.1 Å². The molecule has 1 aliphatic rings. The summed E-state index contributed by atoms with van der Waals surface area (Å²) in [6, 6.07) is 5.57. The molecule has 1 atom stereocenters. The molecule has 0 radical (unpaired) electrons. The van der Waals surface area contributed by atoms with Crippen LogP contribution in [-0.4, -0.2) is 42.5 Å². The first-order chi connectivity index (χ1) is 9.10. The number of rotatable bonds is 5. The topological polar surface area (TPSA) is 32.5 Å². The molecule has 1 heterocycles. The first-order valence-electron chi connectivity index (χ1n) is 7.06. The average molecular weight is 265 g/mol. The minimum absolute atomic E-state index is 0.203. The van der Waals surface area contributed by atoms with E-state index in [1.807, 2.05) is 0 Å². The quantitative estimate of drug-likeness (QED) is 0.829. The SMILES string of the molecule is CCN1CCCC1CN(C)Cc1ccc(N)cc1F. The van der Waals surface area contributed by atoms with Gasteiger partial charge in [-0.1, -0.05) is 13.0 Å². The van der Waals surface area contributed by atoms with Crippen molar-refractivity contribution in [2.75, 3.05) is 32.4 Å². The second kappa shape index (κ2) is 6.35. The van der Waals surface area contributed by atoms with E-state index in [1.54, 1.807) is 12.1 Å². The van der Waals surface area contributed by atoms with Crippen molar-refractivity contribution in [1.82, 2.24) is 9.80 Å². The zero-order chi connectivity index (χ0) is 13.8. The summed E-state index contributed by atoms with van der Waals surface area (Å²) in [5.74, 6) is -0.203. The zero-order valence-electron chi connectivity index (χ0n) is 11.9. The lowest BCUT2D eigenvalue weighted by molar-refractivity contribution is 0.193. The van der Waals surface area contributed by atoms with E-state index in [0.717, 1.165) is 18.7 Å². The molecule has 2 rings (SSSR count). The molecule has 1 aromatic rings. The molecule has 1 unspecified atom stereocenters. The van der Waals surface area contributed by atoms with Crippen LogP contribution in [0.1, 0.15) is 25.3 Å². The van der Waals surface area contributed by atoms with Crippen molar-refractivity contribution < 1.29 is 4.39 Å². The summed E-state index contributed by atoms with van der Waals surface area (Å²) in [4.78, 5) is 4.71. The number of likely N-dealkylation sites (tertiary alicyclic amines) is 1. The Hall–Kier alpha value is -1.13. The van der Waals surface area contributed by atoms with Crippen LogP contribution in [0.4, 0.5) is 10.1 Å². The molecule has 0 aromatic heterocycles. The summed E-state index contributed by atoms with van der Waals surface area (Å²) in [5, 5.41) is 0. The van der Waals surface area contributed by atoms with Crippen LogP contribution in [0.15, 0.2) is 18.2 Å². The van der Waals surface area contributed by atoms with Gasteiger partial charge in [0.25, 0.3) is 0 Å². The summed E-state index contributed by atoms with van der Waals surface area (Å²) in [5.41, 5.74) is 6.77. The van der Waals surface area contributed by atoms with Crippen LogP contribution in [0.5, 0.6) is 0 Å². The van der Waals surface area contributed by atoms with Crippen LogP contribution >= 0.6 is 0 Å². The maximum atomic E-state index is 13.8. The highest BCUT2D eigenvalue weighted by Gasteiger charge is 2.24. The third-order valence-corrected chi connectivity index (χ3v) is 3.95. The molecule has 1 aromatic carbocycles. The fourth-order valence-electron chi connectivity index (χ4n) is 2.93. The molecule has 0 spiro atoms. The minimum atomic E-state index is -0.203. The van der Waals surface area contributed by atoms with Gasteiger partial charge in [-0.15, -0.1) is 0 Å². The Balaban J connectivity index is 1.92. The third-order valence-electron chi connectivity index (χ3n) is 3.95. The zero-order valence-corrected chi connectivity index (χ0v) is 11.9. The van der Waals surface area contributed by atoms with Crippen molar-refractivity contribution in [3.8, 4) is 0 Å². The van der Waals surface area contributed by atoms with Crippen LogP contribution in [0.25, 0.3) is 0 Å². The van der Waals surface area contributed by atoms with E-state index in [4.69, 9.17) is 5.73 Å². The number of nitrogens with two attached hydrogens (primary N) is 1. The molecule has 1 fully saturated rings. The molecule has 0 bridgehead atoms. The van der Waals surface area contributed by atoms with E-state index >= 15 is 0 Å². The van der Waals surface area contributed by atoms with Gasteiger partial charge in [0.15, 0.2) is 0 Å². The lowest BCUT2D eigenvalue weighted by atomic mass is 10.1. The standard InChI is InChI=1S/C15H24FN3/c1-3-19-8-4-5-14(19)11-18(2)10-12-6-7-13(17)9-15(12)16/h6-7,9,14H,3-5,8,10-11,17H2,1-2H3. The van der Waals surface area contributed by atoms with Gasteiger partial charge in [0.05, 0.1) is 0 Å². The molecule has 1 aliphatic heterocycles. The molecule has 106 valence electrons. The second-order valence-corrected chi connectivity index (χ2v) is 5.47. The van der Waals surface area contributed by atoms with Gasteiger partial charge in [-0.2, -0.15) is 0 Å². The van der Waals surface area contributed by atoms with Crippen LogP contribution < -0.4 is 5.73 Å². The number of hydrogen-bond acceptors (Lipinski definition) is 3. The van der Waals surface area contributed by atoms with E-state index in [0.29, 0.717) is 18.3 Å².